The maximum absolute atomic E-state index is 12.8. The molecule has 1 aromatic carbocycles. The van der Waals surface area contributed by atoms with Gasteiger partial charge in [0, 0.05) is 11.1 Å². The van der Waals surface area contributed by atoms with Gasteiger partial charge in [-0.2, -0.15) is 0 Å². The summed E-state index contributed by atoms with van der Waals surface area (Å²) in [5.41, 5.74) is 0.942. The van der Waals surface area contributed by atoms with Crippen molar-refractivity contribution in [2.75, 3.05) is 0 Å². The molecule has 1 aliphatic carbocycles. The summed E-state index contributed by atoms with van der Waals surface area (Å²) in [6.07, 6.45) is 4.22. The fourth-order valence-electron chi connectivity index (χ4n) is 2.59. The van der Waals surface area contributed by atoms with Gasteiger partial charge in [0.15, 0.2) is 5.69 Å². The lowest BCUT2D eigenvalue weighted by molar-refractivity contribution is 0.0657. The van der Waals surface area contributed by atoms with Gasteiger partial charge in [0.1, 0.15) is 5.69 Å². The van der Waals surface area contributed by atoms with Gasteiger partial charge >= 0.3 is 5.97 Å². The van der Waals surface area contributed by atoms with Gasteiger partial charge in [-0.3, -0.25) is 4.79 Å². The van der Waals surface area contributed by atoms with E-state index < -0.39 is 5.97 Å². The minimum atomic E-state index is -1.17. The van der Waals surface area contributed by atoms with Crippen LogP contribution in [0, 0.1) is 0 Å². The third-order valence-electron chi connectivity index (χ3n) is 4.03. The van der Waals surface area contributed by atoms with Crippen LogP contribution in [-0.4, -0.2) is 37.9 Å². The van der Waals surface area contributed by atoms with Crippen molar-refractivity contribution in [3.63, 3.8) is 0 Å². The van der Waals surface area contributed by atoms with E-state index in [0.717, 1.165) is 24.6 Å². The number of benzene rings is 1. The van der Waals surface area contributed by atoms with Crippen LogP contribution in [0.3, 0.4) is 0 Å². The lowest BCUT2D eigenvalue weighted by Gasteiger charge is -2.29. The number of carbonyl (C=O) groups is 2. The van der Waals surface area contributed by atoms with E-state index in [0.29, 0.717) is 5.02 Å². The Morgan fingerprint density at radius 1 is 1.17 bits per heavy atom. The number of amides is 1. The fourth-order valence-corrected chi connectivity index (χ4v) is 2.72. The van der Waals surface area contributed by atoms with Gasteiger partial charge in [0.05, 0.1) is 18.4 Å². The molecule has 1 aromatic heterocycles. The third kappa shape index (κ3) is 3.38. The highest BCUT2D eigenvalue weighted by Gasteiger charge is 2.37. The number of rotatable bonds is 5. The summed E-state index contributed by atoms with van der Waals surface area (Å²) in [5.74, 6) is -1.42. The SMILES string of the molecule is CC(c1ccc(Cl)cc1)N(C(=O)c1cnc(C(=O)O)cn1)C1CC1. The monoisotopic (exact) mass is 345 g/mol. The first-order valence-electron chi connectivity index (χ1n) is 7.61. The van der Waals surface area contributed by atoms with Crippen LogP contribution in [0.4, 0.5) is 0 Å². The molecule has 0 spiro atoms. The zero-order valence-corrected chi connectivity index (χ0v) is 13.8. The highest BCUT2D eigenvalue weighted by molar-refractivity contribution is 6.30. The number of halogens is 1. The normalized spacial score (nSPS) is 14.9. The second-order valence-corrected chi connectivity index (χ2v) is 6.20. The third-order valence-corrected chi connectivity index (χ3v) is 4.29. The van der Waals surface area contributed by atoms with Crippen LogP contribution < -0.4 is 0 Å². The number of hydrogen-bond acceptors (Lipinski definition) is 4. The van der Waals surface area contributed by atoms with Crippen molar-refractivity contribution in [2.24, 2.45) is 0 Å². The molecule has 0 bridgehead atoms. The molecule has 24 heavy (non-hydrogen) atoms. The van der Waals surface area contributed by atoms with Crippen LogP contribution in [0.2, 0.25) is 5.02 Å². The largest absolute Gasteiger partial charge is 0.476 e. The molecule has 1 N–H and O–H groups in total. The van der Waals surface area contributed by atoms with Crippen LogP contribution in [0.5, 0.6) is 0 Å². The second kappa shape index (κ2) is 6.57. The summed E-state index contributed by atoms with van der Waals surface area (Å²) in [7, 11) is 0. The van der Waals surface area contributed by atoms with E-state index in [-0.39, 0.29) is 29.4 Å². The topological polar surface area (TPSA) is 83.4 Å². The summed E-state index contributed by atoms with van der Waals surface area (Å²) in [5, 5.41) is 9.52. The van der Waals surface area contributed by atoms with Gasteiger partial charge in [0.2, 0.25) is 0 Å². The van der Waals surface area contributed by atoms with Gasteiger partial charge in [-0.25, -0.2) is 14.8 Å². The van der Waals surface area contributed by atoms with Crippen molar-refractivity contribution >= 4 is 23.5 Å². The van der Waals surface area contributed by atoms with E-state index in [9.17, 15) is 9.59 Å². The Kier molecular flexibility index (Phi) is 4.49. The van der Waals surface area contributed by atoms with Crippen molar-refractivity contribution in [1.29, 1.82) is 0 Å². The summed E-state index contributed by atoms with van der Waals surface area (Å²) in [4.78, 5) is 33.2. The molecule has 1 fully saturated rings. The van der Waals surface area contributed by atoms with Crippen molar-refractivity contribution < 1.29 is 14.7 Å². The maximum atomic E-state index is 12.8. The molecule has 1 amide bonds. The first-order valence-corrected chi connectivity index (χ1v) is 7.98. The van der Waals surface area contributed by atoms with Gasteiger partial charge in [-0.1, -0.05) is 23.7 Å². The number of carboxylic acid groups (broad SMARTS) is 1. The number of nitrogens with zero attached hydrogens (tertiary/aromatic N) is 3. The highest BCUT2D eigenvalue weighted by atomic mass is 35.5. The zero-order chi connectivity index (χ0) is 17.3. The van der Waals surface area contributed by atoms with Crippen LogP contribution in [0.1, 0.15) is 52.3 Å². The fraction of sp³-hybridized carbons (Fsp3) is 0.294. The number of aromatic nitrogens is 2. The van der Waals surface area contributed by atoms with E-state index in [1.807, 2.05) is 19.1 Å². The molecule has 1 heterocycles. The zero-order valence-electron chi connectivity index (χ0n) is 13.0. The van der Waals surface area contributed by atoms with Crippen LogP contribution in [0.25, 0.3) is 0 Å². The minimum absolute atomic E-state index is 0.136. The molecule has 2 aromatic rings. The van der Waals surface area contributed by atoms with Gasteiger partial charge < -0.3 is 10.0 Å². The van der Waals surface area contributed by atoms with Gasteiger partial charge in [-0.15, -0.1) is 0 Å². The molecule has 0 aliphatic heterocycles. The van der Waals surface area contributed by atoms with E-state index in [1.54, 1.807) is 17.0 Å². The Bertz CT molecular complexity index is 758. The molecule has 3 rings (SSSR count). The molecule has 1 unspecified atom stereocenters. The van der Waals surface area contributed by atoms with E-state index in [4.69, 9.17) is 16.7 Å². The molecule has 1 atom stereocenters. The Labute approximate surface area is 144 Å². The molecular weight excluding hydrogens is 330 g/mol. The Morgan fingerprint density at radius 2 is 1.75 bits per heavy atom. The molecule has 124 valence electrons. The van der Waals surface area contributed by atoms with Crippen molar-refractivity contribution in [3.05, 3.63) is 58.6 Å². The summed E-state index contributed by atoms with van der Waals surface area (Å²) in [6.45, 7) is 1.96. The van der Waals surface area contributed by atoms with Crippen LogP contribution in [-0.2, 0) is 0 Å². The first kappa shape index (κ1) is 16.4. The Hall–Kier alpha value is -2.47. The highest BCUT2D eigenvalue weighted by Crippen LogP contribution is 2.35. The van der Waals surface area contributed by atoms with Gasteiger partial charge in [-0.05, 0) is 37.5 Å². The molecule has 1 saturated carbocycles. The smallest absolute Gasteiger partial charge is 0.356 e. The van der Waals surface area contributed by atoms with Crippen LogP contribution in [0.15, 0.2) is 36.7 Å². The van der Waals surface area contributed by atoms with Crippen molar-refractivity contribution in [1.82, 2.24) is 14.9 Å². The number of carboxylic acids is 1. The molecule has 7 heteroatoms. The first-order chi connectivity index (χ1) is 11.5. The second-order valence-electron chi connectivity index (χ2n) is 5.76. The average Bonchev–Trinajstić information content (AvgIpc) is 3.40. The number of carbonyl (C=O) groups excluding carboxylic acids is 1. The summed E-state index contributed by atoms with van der Waals surface area (Å²) in [6, 6.07) is 7.42. The Morgan fingerprint density at radius 3 is 2.25 bits per heavy atom. The van der Waals surface area contributed by atoms with Crippen molar-refractivity contribution in [3.8, 4) is 0 Å². The standard InChI is InChI=1S/C17H16ClN3O3/c1-10(11-2-4-12(18)5-3-11)21(13-6-7-13)16(22)14-8-20-15(9-19-14)17(23)24/h2-5,8-10,13H,6-7H2,1H3,(H,23,24). The molecular formula is C17H16ClN3O3. The average molecular weight is 346 g/mol. The predicted molar refractivity (Wildman–Crippen MR) is 88.0 cm³/mol. The van der Waals surface area contributed by atoms with Crippen molar-refractivity contribution in [2.45, 2.75) is 31.8 Å². The maximum Gasteiger partial charge on any atom is 0.356 e. The lowest BCUT2D eigenvalue weighted by atomic mass is 10.1. The number of aromatic carboxylic acids is 1. The molecule has 0 radical (unpaired) electrons. The molecule has 0 saturated heterocycles. The quantitative estimate of drug-likeness (QED) is 0.899. The van der Waals surface area contributed by atoms with E-state index >= 15 is 0 Å². The summed E-state index contributed by atoms with van der Waals surface area (Å²) >= 11 is 5.92. The van der Waals surface area contributed by atoms with Crippen LogP contribution >= 0.6 is 11.6 Å². The Balaban J connectivity index is 1.86. The van der Waals surface area contributed by atoms with Gasteiger partial charge in [0.25, 0.3) is 5.91 Å². The lowest BCUT2D eigenvalue weighted by Crippen LogP contribution is -2.36. The predicted octanol–water partition coefficient (Wildman–Crippen LogP) is 3.19. The molecule has 1 aliphatic rings. The summed E-state index contributed by atoms with van der Waals surface area (Å²) < 4.78 is 0. The van der Waals surface area contributed by atoms with E-state index in [1.165, 1.54) is 6.20 Å². The number of hydrogen-bond donors (Lipinski definition) is 1. The minimum Gasteiger partial charge on any atom is -0.476 e. The molecule has 6 nitrogen and oxygen atoms in total. The van der Waals surface area contributed by atoms with E-state index in [2.05, 4.69) is 9.97 Å².